The summed E-state index contributed by atoms with van der Waals surface area (Å²) in [6.07, 6.45) is 1.88. The summed E-state index contributed by atoms with van der Waals surface area (Å²) in [7, 11) is 0. The highest BCUT2D eigenvalue weighted by Crippen LogP contribution is 2.21. The van der Waals surface area contributed by atoms with Crippen molar-refractivity contribution in [1.29, 1.82) is 0 Å². The molecule has 1 aliphatic rings. The van der Waals surface area contributed by atoms with Crippen LogP contribution in [0.15, 0.2) is 52.8 Å². The molecule has 8 heteroatoms. The maximum atomic E-state index is 13.3. The number of nitrogens with zero attached hydrogens (tertiary/aromatic N) is 4. The predicted octanol–water partition coefficient (Wildman–Crippen LogP) is 2.73. The predicted molar refractivity (Wildman–Crippen MR) is 113 cm³/mol. The zero-order valence-corrected chi connectivity index (χ0v) is 16.7. The lowest BCUT2D eigenvalue weighted by atomic mass is 10.2. The first-order valence-electron chi connectivity index (χ1n) is 9.65. The minimum absolute atomic E-state index is 0.0181. The third-order valence-electron chi connectivity index (χ3n) is 5.13. The van der Waals surface area contributed by atoms with Crippen LogP contribution in [0.1, 0.15) is 10.8 Å². The normalized spacial score (nSPS) is 15.2. The van der Waals surface area contributed by atoms with Crippen molar-refractivity contribution in [3.63, 3.8) is 0 Å². The van der Waals surface area contributed by atoms with Crippen LogP contribution in [-0.2, 0) is 17.8 Å². The van der Waals surface area contributed by atoms with Crippen molar-refractivity contribution in [2.45, 2.75) is 13.1 Å². The van der Waals surface area contributed by atoms with E-state index in [4.69, 9.17) is 14.7 Å². The van der Waals surface area contributed by atoms with Gasteiger partial charge < -0.3 is 9.72 Å². The first kappa shape index (κ1) is 18.2. The van der Waals surface area contributed by atoms with Crippen molar-refractivity contribution < 1.29 is 4.74 Å². The molecular weight excluding hydrogens is 386 g/mol. The van der Waals surface area contributed by atoms with Crippen molar-refractivity contribution in [2.75, 3.05) is 26.3 Å². The zero-order valence-electron chi connectivity index (χ0n) is 15.9. The lowest BCUT2D eigenvalue weighted by molar-refractivity contribution is 0.0325. The van der Waals surface area contributed by atoms with Gasteiger partial charge in [-0.25, -0.2) is 9.97 Å². The highest BCUT2D eigenvalue weighted by atomic mass is 32.1. The molecule has 0 amide bonds. The molecule has 4 heterocycles. The van der Waals surface area contributed by atoms with E-state index >= 15 is 0 Å². The van der Waals surface area contributed by atoms with E-state index in [9.17, 15) is 4.79 Å². The van der Waals surface area contributed by atoms with Crippen LogP contribution >= 0.6 is 11.3 Å². The SMILES string of the molecule is O=c1c2ccccc2nc(CN2CCOCC2)n1Cc1nc(-c2ccc[nH]2)cs1. The van der Waals surface area contributed by atoms with Crippen molar-refractivity contribution in [1.82, 2.24) is 24.4 Å². The van der Waals surface area contributed by atoms with Gasteiger partial charge in [-0.15, -0.1) is 11.3 Å². The number of aromatic amines is 1. The molecule has 1 saturated heterocycles. The average molecular weight is 407 g/mol. The van der Waals surface area contributed by atoms with E-state index in [-0.39, 0.29) is 5.56 Å². The van der Waals surface area contributed by atoms with Gasteiger partial charge in [-0.2, -0.15) is 0 Å². The summed E-state index contributed by atoms with van der Waals surface area (Å²) >= 11 is 1.56. The van der Waals surface area contributed by atoms with E-state index in [0.717, 1.165) is 40.8 Å². The molecule has 3 aromatic heterocycles. The van der Waals surface area contributed by atoms with Crippen molar-refractivity contribution in [3.05, 3.63) is 69.2 Å². The molecule has 4 aromatic rings. The standard InChI is InChI=1S/C21H21N5O2S/c27-21-15-4-1-2-5-16(15)23-19(12-25-8-10-28-11-9-25)26(21)13-20-24-18(14-29-20)17-6-3-7-22-17/h1-7,14,22H,8-13H2. The number of rotatable bonds is 5. The fraction of sp³-hybridized carbons (Fsp3) is 0.286. The number of benzene rings is 1. The van der Waals surface area contributed by atoms with Gasteiger partial charge in [0.15, 0.2) is 0 Å². The second-order valence-electron chi connectivity index (χ2n) is 7.04. The highest BCUT2D eigenvalue weighted by molar-refractivity contribution is 7.09. The third-order valence-corrected chi connectivity index (χ3v) is 5.96. The van der Waals surface area contributed by atoms with Crippen LogP contribution in [-0.4, -0.2) is 50.7 Å². The van der Waals surface area contributed by atoms with Crippen LogP contribution in [0.4, 0.5) is 0 Å². The molecule has 0 saturated carbocycles. The fourth-order valence-corrected chi connectivity index (χ4v) is 4.37. The molecule has 0 unspecified atom stereocenters. The Bertz CT molecular complexity index is 1180. The molecule has 148 valence electrons. The number of H-pyrrole nitrogens is 1. The minimum atomic E-state index is -0.0181. The van der Waals surface area contributed by atoms with Gasteiger partial charge in [0, 0.05) is 24.7 Å². The molecule has 0 aliphatic carbocycles. The molecule has 7 nitrogen and oxygen atoms in total. The van der Waals surface area contributed by atoms with E-state index in [1.807, 2.05) is 48.0 Å². The second-order valence-corrected chi connectivity index (χ2v) is 7.98. The van der Waals surface area contributed by atoms with Gasteiger partial charge in [0.2, 0.25) is 0 Å². The Morgan fingerprint density at radius 3 is 2.76 bits per heavy atom. The van der Waals surface area contributed by atoms with Crippen molar-refractivity contribution in [3.8, 4) is 11.4 Å². The molecule has 1 aromatic carbocycles. The van der Waals surface area contributed by atoms with E-state index in [0.29, 0.717) is 31.7 Å². The van der Waals surface area contributed by atoms with E-state index in [2.05, 4.69) is 9.88 Å². The molecular formula is C21H21N5O2S. The van der Waals surface area contributed by atoms with Crippen LogP contribution < -0.4 is 5.56 Å². The van der Waals surface area contributed by atoms with Gasteiger partial charge in [0.05, 0.1) is 48.6 Å². The molecule has 1 aliphatic heterocycles. The Morgan fingerprint density at radius 2 is 1.93 bits per heavy atom. The third kappa shape index (κ3) is 3.74. The maximum Gasteiger partial charge on any atom is 0.261 e. The lowest BCUT2D eigenvalue weighted by Gasteiger charge is -2.27. The topological polar surface area (TPSA) is 76.0 Å². The van der Waals surface area contributed by atoms with Gasteiger partial charge in [0.25, 0.3) is 5.56 Å². The molecule has 5 rings (SSSR count). The minimum Gasteiger partial charge on any atom is -0.379 e. The summed E-state index contributed by atoms with van der Waals surface area (Å²) < 4.78 is 7.23. The Morgan fingerprint density at radius 1 is 1.07 bits per heavy atom. The Labute approximate surface area is 171 Å². The van der Waals surface area contributed by atoms with Crippen LogP contribution in [0.3, 0.4) is 0 Å². The molecule has 1 fully saturated rings. The second kappa shape index (κ2) is 7.90. The van der Waals surface area contributed by atoms with Crippen LogP contribution in [0.25, 0.3) is 22.3 Å². The zero-order chi connectivity index (χ0) is 19.6. The van der Waals surface area contributed by atoms with Crippen molar-refractivity contribution >= 4 is 22.2 Å². The van der Waals surface area contributed by atoms with Gasteiger partial charge >= 0.3 is 0 Å². The number of thiazole rings is 1. The number of hydrogen-bond donors (Lipinski definition) is 1. The largest absolute Gasteiger partial charge is 0.379 e. The molecule has 0 spiro atoms. The number of hydrogen-bond acceptors (Lipinski definition) is 6. The van der Waals surface area contributed by atoms with E-state index in [1.165, 1.54) is 0 Å². The summed E-state index contributed by atoms with van der Waals surface area (Å²) in [4.78, 5) is 28.3. The lowest BCUT2D eigenvalue weighted by Crippen LogP contribution is -2.38. The van der Waals surface area contributed by atoms with E-state index in [1.54, 1.807) is 15.9 Å². The van der Waals surface area contributed by atoms with Crippen LogP contribution in [0.2, 0.25) is 0 Å². The maximum absolute atomic E-state index is 13.3. The summed E-state index contributed by atoms with van der Waals surface area (Å²) in [6.45, 7) is 4.15. The Kier molecular flexibility index (Phi) is 4.97. The first-order chi connectivity index (χ1) is 14.3. The number of para-hydroxylation sites is 1. The quantitative estimate of drug-likeness (QED) is 0.551. The number of ether oxygens (including phenoxy) is 1. The van der Waals surface area contributed by atoms with Gasteiger partial charge in [-0.3, -0.25) is 14.3 Å². The molecule has 1 N–H and O–H groups in total. The molecule has 0 atom stereocenters. The Balaban J connectivity index is 1.53. The van der Waals surface area contributed by atoms with Crippen molar-refractivity contribution in [2.24, 2.45) is 0 Å². The molecule has 29 heavy (non-hydrogen) atoms. The highest BCUT2D eigenvalue weighted by Gasteiger charge is 2.18. The monoisotopic (exact) mass is 407 g/mol. The number of aromatic nitrogens is 4. The van der Waals surface area contributed by atoms with Gasteiger partial charge in [-0.1, -0.05) is 12.1 Å². The summed E-state index contributed by atoms with van der Waals surface area (Å²) in [5.41, 5.74) is 2.59. The Hall–Kier alpha value is -2.81. The smallest absolute Gasteiger partial charge is 0.261 e. The number of morpholine rings is 1. The summed E-state index contributed by atoms with van der Waals surface area (Å²) in [5, 5.41) is 3.54. The molecule has 0 radical (unpaired) electrons. The number of fused-ring (bicyclic) bond motifs is 1. The molecule has 0 bridgehead atoms. The first-order valence-corrected chi connectivity index (χ1v) is 10.5. The summed E-state index contributed by atoms with van der Waals surface area (Å²) in [5.74, 6) is 0.771. The fourth-order valence-electron chi connectivity index (χ4n) is 3.59. The van der Waals surface area contributed by atoms with E-state index < -0.39 is 0 Å². The van der Waals surface area contributed by atoms with Crippen LogP contribution in [0, 0.1) is 0 Å². The summed E-state index contributed by atoms with van der Waals surface area (Å²) in [6, 6.07) is 11.5. The van der Waals surface area contributed by atoms with Gasteiger partial charge in [0.1, 0.15) is 10.8 Å². The van der Waals surface area contributed by atoms with Gasteiger partial charge in [-0.05, 0) is 24.3 Å². The number of nitrogens with one attached hydrogen (secondary N) is 1. The van der Waals surface area contributed by atoms with Crippen LogP contribution in [0.5, 0.6) is 0 Å². The average Bonchev–Trinajstić information content (AvgIpc) is 3.44.